The lowest BCUT2D eigenvalue weighted by Crippen LogP contribution is -2.36. The summed E-state index contributed by atoms with van der Waals surface area (Å²) >= 11 is 1.46. The van der Waals surface area contributed by atoms with Crippen LogP contribution in [0.2, 0.25) is 0 Å². The van der Waals surface area contributed by atoms with Crippen molar-refractivity contribution in [3.05, 3.63) is 35.9 Å². The highest BCUT2D eigenvalue weighted by atomic mass is 32.2. The van der Waals surface area contributed by atoms with Gasteiger partial charge in [0.2, 0.25) is 0 Å². The van der Waals surface area contributed by atoms with Crippen molar-refractivity contribution in [3.8, 4) is 0 Å². The third kappa shape index (κ3) is 2.59. The van der Waals surface area contributed by atoms with Gasteiger partial charge in [0.05, 0.1) is 11.1 Å². The second-order valence-electron chi connectivity index (χ2n) is 7.08. The van der Waals surface area contributed by atoms with E-state index in [4.69, 9.17) is 0 Å². The Balaban J connectivity index is 1.60. The van der Waals surface area contributed by atoms with Gasteiger partial charge in [-0.15, -0.1) is 0 Å². The summed E-state index contributed by atoms with van der Waals surface area (Å²) in [6, 6.07) is 9.83. The lowest BCUT2D eigenvalue weighted by Gasteiger charge is -2.23. The SMILES string of the molecule is CCN1C(=O)c2cccc3c(SNCC4(C(=O)O)CCCC4)ccc1c23. The van der Waals surface area contributed by atoms with Crippen LogP contribution in [0.15, 0.2) is 35.2 Å². The Morgan fingerprint density at radius 3 is 2.73 bits per heavy atom. The maximum absolute atomic E-state index is 12.6. The molecule has 1 amide bonds. The van der Waals surface area contributed by atoms with Crippen molar-refractivity contribution in [1.29, 1.82) is 0 Å². The molecule has 0 unspecified atom stereocenters. The Morgan fingerprint density at radius 2 is 2.04 bits per heavy atom. The van der Waals surface area contributed by atoms with E-state index in [9.17, 15) is 14.7 Å². The van der Waals surface area contributed by atoms with Crippen molar-refractivity contribution in [3.63, 3.8) is 0 Å². The van der Waals surface area contributed by atoms with Crippen LogP contribution in [-0.4, -0.2) is 30.1 Å². The largest absolute Gasteiger partial charge is 0.481 e. The van der Waals surface area contributed by atoms with Crippen LogP contribution in [0.25, 0.3) is 10.8 Å². The number of nitrogens with one attached hydrogen (secondary N) is 1. The molecule has 26 heavy (non-hydrogen) atoms. The zero-order chi connectivity index (χ0) is 18.3. The number of carboxylic acids is 1. The van der Waals surface area contributed by atoms with Crippen molar-refractivity contribution in [2.45, 2.75) is 37.5 Å². The van der Waals surface area contributed by atoms with E-state index in [1.54, 1.807) is 4.90 Å². The third-order valence-corrected chi connectivity index (χ3v) is 6.53. The highest BCUT2D eigenvalue weighted by molar-refractivity contribution is 7.97. The Labute approximate surface area is 156 Å². The lowest BCUT2D eigenvalue weighted by atomic mass is 9.87. The number of benzene rings is 2. The summed E-state index contributed by atoms with van der Waals surface area (Å²) in [7, 11) is 0. The molecular formula is C20H22N2O3S. The van der Waals surface area contributed by atoms with Gasteiger partial charge < -0.3 is 10.0 Å². The van der Waals surface area contributed by atoms with E-state index in [0.717, 1.165) is 52.6 Å². The Hall–Kier alpha value is -2.05. The molecule has 6 heteroatoms. The predicted octanol–water partition coefficient (Wildman–Crippen LogP) is 4.06. The number of anilines is 1. The number of aliphatic carboxylic acids is 1. The van der Waals surface area contributed by atoms with Gasteiger partial charge in [-0.2, -0.15) is 0 Å². The highest BCUT2D eigenvalue weighted by Crippen LogP contribution is 2.42. The fourth-order valence-corrected chi connectivity index (χ4v) is 5.11. The van der Waals surface area contributed by atoms with Gasteiger partial charge in [0.15, 0.2) is 0 Å². The number of nitrogens with zero attached hydrogens (tertiary/aromatic N) is 1. The van der Waals surface area contributed by atoms with Gasteiger partial charge in [-0.1, -0.05) is 25.0 Å². The summed E-state index contributed by atoms with van der Waals surface area (Å²) < 4.78 is 3.29. The summed E-state index contributed by atoms with van der Waals surface area (Å²) in [6.07, 6.45) is 3.43. The van der Waals surface area contributed by atoms with Crippen LogP contribution in [-0.2, 0) is 4.79 Å². The number of rotatable bonds is 6. The summed E-state index contributed by atoms with van der Waals surface area (Å²) in [6.45, 7) is 3.08. The van der Waals surface area contributed by atoms with E-state index >= 15 is 0 Å². The first-order chi connectivity index (χ1) is 12.6. The molecule has 0 atom stereocenters. The van der Waals surface area contributed by atoms with Gasteiger partial charge in [-0.3, -0.25) is 14.3 Å². The number of hydrogen-bond acceptors (Lipinski definition) is 4. The molecule has 136 valence electrons. The van der Waals surface area contributed by atoms with Gasteiger partial charge in [0.25, 0.3) is 5.91 Å². The topological polar surface area (TPSA) is 69.6 Å². The van der Waals surface area contributed by atoms with E-state index in [-0.39, 0.29) is 5.91 Å². The average Bonchev–Trinajstić information content (AvgIpc) is 3.22. The molecule has 0 saturated heterocycles. The Kier molecular flexibility index (Phi) is 4.40. The number of carboxylic acid groups (broad SMARTS) is 1. The number of hydrogen-bond donors (Lipinski definition) is 2. The van der Waals surface area contributed by atoms with Gasteiger partial charge >= 0.3 is 5.97 Å². The predicted molar refractivity (Wildman–Crippen MR) is 104 cm³/mol. The Morgan fingerprint density at radius 1 is 1.27 bits per heavy atom. The molecule has 0 spiro atoms. The molecule has 0 aromatic heterocycles. The summed E-state index contributed by atoms with van der Waals surface area (Å²) in [5, 5.41) is 11.6. The van der Waals surface area contributed by atoms with Crippen molar-refractivity contribution in [1.82, 2.24) is 4.72 Å². The van der Waals surface area contributed by atoms with Gasteiger partial charge in [-0.05, 0) is 55.3 Å². The van der Waals surface area contributed by atoms with E-state index < -0.39 is 11.4 Å². The van der Waals surface area contributed by atoms with Crippen molar-refractivity contribution >= 4 is 40.3 Å². The monoisotopic (exact) mass is 370 g/mol. The minimum atomic E-state index is -0.701. The molecule has 1 heterocycles. The van der Waals surface area contributed by atoms with E-state index in [1.807, 2.05) is 37.3 Å². The third-order valence-electron chi connectivity index (χ3n) is 5.67. The standard InChI is InChI=1S/C20H22N2O3S/c1-2-22-15-8-9-16(13-6-5-7-14(17(13)15)18(22)23)26-21-12-20(19(24)25)10-3-4-11-20/h5-9,21H,2-4,10-12H2,1H3,(H,24,25). The first-order valence-corrected chi connectivity index (χ1v) is 9.90. The quantitative estimate of drug-likeness (QED) is 0.751. The molecule has 1 saturated carbocycles. The first-order valence-electron chi connectivity index (χ1n) is 9.08. The highest BCUT2D eigenvalue weighted by Gasteiger charge is 2.41. The smallest absolute Gasteiger partial charge is 0.310 e. The number of carbonyl (C=O) groups excluding carboxylic acids is 1. The van der Waals surface area contributed by atoms with E-state index in [0.29, 0.717) is 13.1 Å². The van der Waals surface area contributed by atoms with Crippen LogP contribution in [0.1, 0.15) is 43.0 Å². The fourth-order valence-electron chi connectivity index (χ4n) is 4.19. The second kappa shape index (κ2) is 6.59. The first kappa shape index (κ1) is 17.4. The molecule has 2 aromatic carbocycles. The average molecular weight is 370 g/mol. The molecule has 4 rings (SSSR count). The zero-order valence-electron chi connectivity index (χ0n) is 14.7. The summed E-state index contributed by atoms with van der Waals surface area (Å²) in [5.41, 5.74) is 1.07. The van der Waals surface area contributed by atoms with Gasteiger partial charge in [0, 0.05) is 28.9 Å². The normalized spacial score (nSPS) is 18.0. The molecule has 0 radical (unpaired) electrons. The summed E-state index contributed by atoms with van der Waals surface area (Å²) in [5.74, 6) is -0.647. The van der Waals surface area contributed by atoms with Crippen LogP contribution in [0.5, 0.6) is 0 Å². The van der Waals surface area contributed by atoms with Gasteiger partial charge in [-0.25, -0.2) is 0 Å². The molecule has 1 aliphatic heterocycles. The maximum Gasteiger partial charge on any atom is 0.310 e. The molecule has 1 fully saturated rings. The zero-order valence-corrected chi connectivity index (χ0v) is 15.6. The fraction of sp³-hybridized carbons (Fsp3) is 0.400. The minimum Gasteiger partial charge on any atom is -0.481 e. The van der Waals surface area contributed by atoms with Gasteiger partial charge in [0.1, 0.15) is 0 Å². The summed E-state index contributed by atoms with van der Waals surface area (Å²) in [4.78, 5) is 27.1. The van der Waals surface area contributed by atoms with E-state index in [2.05, 4.69) is 4.72 Å². The molecule has 0 bridgehead atoms. The van der Waals surface area contributed by atoms with Crippen LogP contribution in [0.4, 0.5) is 5.69 Å². The minimum absolute atomic E-state index is 0.0546. The van der Waals surface area contributed by atoms with Crippen LogP contribution < -0.4 is 9.62 Å². The van der Waals surface area contributed by atoms with Crippen molar-refractivity contribution < 1.29 is 14.7 Å². The van der Waals surface area contributed by atoms with Crippen LogP contribution in [0, 0.1) is 5.41 Å². The molecule has 2 N–H and O–H groups in total. The van der Waals surface area contributed by atoms with Crippen LogP contribution >= 0.6 is 11.9 Å². The molecule has 2 aromatic rings. The molecule has 2 aliphatic rings. The Bertz CT molecular complexity index is 890. The van der Waals surface area contributed by atoms with E-state index in [1.165, 1.54) is 11.9 Å². The van der Waals surface area contributed by atoms with Crippen LogP contribution in [0.3, 0.4) is 0 Å². The van der Waals surface area contributed by atoms with Crippen molar-refractivity contribution in [2.75, 3.05) is 18.0 Å². The number of amides is 1. The number of carbonyl (C=O) groups is 2. The molecular weight excluding hydrogens is 348 g/mol. The molecule has 5 nitrogen and oxygen atoms in total. The lowest BCUT2D eigenvalue weighted by molar-refractivity contribution is -0.148. The van der Waals surface area contributed by atoms with Crippen molar-refractivity contribution in [2.24, 2.45) is 5.41 Å². The molecule has 1 aliphatic carbocycles. The maximum atomic E-state index is 12.6. The second-order valence-corrected chi connectivity index (χ2v) is 8.01.